The van der Waals surface area contributed by atoms with E-state index in [4.69, 9.17) is 5.73 Å². The van der Waals surface area contributed by atoms with Crippen LogP contribution in [0.15, 0.2) is 82.0 Å². The second kappa shape index (κ2) is 11.6. The van der Waals surface area contributed by atoms with Gasteiger partial charge in [-0.3, -0.25) is 4.98 Å². The van der Waals surface area contributed by atoms with Crippen LogP contribution in [0.25, 0.3) is 22.0 Å². The standard InChI is InChI=1S/C22H17FN4O3S.Na.2H2O/c1-13-10-14(23)6-8-16(13)19-9-7-15(12-25-19)26-27-20-11-21(31(28,29)30)17-4-2-3-5-18(17)22(20)24;;;/h2-12H,24H2,1H3,(H,28,29,30);;2*1H2/q;+1;;/p-1. The van der Waals surface area contributed by atoms with Crippen LogP contribution in [0.3, 0.4) is 0 Å². The number of nitrogens with two attached hydrogens (primary N) is 1. The molecule has 0 unspecified atom stereocenters. The van der Waals surface area contributed by atoms with Gasteiger partial charge in [-0.05, 0) is 48.9 Å². The van der Waals surface area contributed by atoms with Crippen molar-refractivity contribution in [3.8, 4) is 11.3 Å². The van der Waals surface area contributed by atoms with Crippen LogP contribution in [0.1, 0.15) is 5.56 Å². The Labute approximate surface area is 217 Å². The van der Waals surface area contributed by atoms with E-state index >= 15 is 0 Å². The normalized spacial score (nSPS) is 10.9. The van der Waals surface area contributed by atoms with Gasteiger partial charge >= 0.3 is 29.6 Å². The fraction of sp³-hybridized carbons (Fsp3) is 0.0455. The molecular weight excluding hydrogens is 474 g/mol. The van der Waals surface area contributed by atoms with Gasteiger partial charge in [-0.25, -0.2) is 12.8 Å². The van der Waals surface area contributed by atoms with Crippen molar-refractivity contribution >= 4 is 38.0 Å². The zero-order valence-electron chi connectivity index (χ0n) is 18.3. The Kier molecular flexibility index (Phi) is 9.97. The van der Waals surface area contributed by atoms with Crippen molar-refractivity contribution in [1.29, 1.82) is 0 Å². The van der Waals surface area contributed by atoms with Gasteiger partial charge in [-0.1, -0.05) is 24.3 Å². The van der Waals surface area contributed by atoms with Crippen LogP contribution in [-0.4, -0.2) is 28.9 Å². The van der Waals surface area contributed by atoms with Crippen LogP contribution < -0.4 is 35.3 Å². The number of benzene rings is 3. The second-order valence-corrected chi connectivity index (χ2v) is 8.22. The topological polar surface area (TPSA) is 184 Å². The number of hydrogen-bond acceptors (Lipinski definition) is 7. The molecule has 0 spiro atoms. The van der Waals surface area contributed by atoms with Crippen molar-refractivity contribution < 1.29 is 57.9 Å². The van der Waals surface area contributed by atoms with Gasteiger partial charge in [0, 0.05) is 16.3 Å². The molecule has 0 aliphatic rings. The molecule has 1 aromatic heterocycles. The summed E-state index contributed by atoms with van der Waals surface area (Å²) < 4.78 is 48.4. The molecule has 0 bridgehead atoms. The average molecular weight is 494 g/mol. The summed E-state index contributed by atoms with van der Waals surface area (Å²) in [7, 11) is -4.74. The predicted molar refractivity (Wildman–Crippen MR) is 122 cm³/mol. The molecule has 0 radical (unpaired) electrons. The third kappa shape index (κ3) is 6.02. The number of aromatic nitrogens is 1. The Morgan fingerprint density at radius 1 is 0.971 bits per heavy atom. The summed E-state index contributed by atoms with van der Waals surface area (Å²) in [6, 6.07) is 15.4. The van der Waals surface area contributed by atoms with Gasteiger partial charge in [0.15, 0.2) is 0 Å². The van der Waals surface area contributed by atoms with Crippen LogP contribution in [0.2, 0.25) is 0 Å². The number of nitrogens with zero attached hydrogens (tertiary/aromatic N) is 3. The van der Waals surface area contributed by atoms with E-state index in [-0.39, 0.29) is 63.1 Å². The SMILES string of the molecule is Cc1cc(F)ccc1-c1ccc(N=Nc2cc(S(=O)(=O)[O-])c3ccccc3c2N)cn1.O.O.[Na+]. The molecule has 12 heteroatoms. The molecule has 9 nitrogen and oxygen atoms in total. The number of hydrogen-bond donors (Lipinski definition) is 1. The monoisotopic (exact) mass is 494 g/mol. The number of fused-ring (bicyclic) bond motifs is 1. The third-order valence-corrected chi connectivity index (χ3v) is 5.66. The van der Waals surface area contributed by atoms with Crippen LogP contribution in [0.5, 0.6) is 0 Å². The molecule has 4 aromatic rings. The van der Waals surface area contributed by atoms with Gasteiger partial charge < -0.3 is 21.2 Å². The minimum absolute atomic E-state index is 0. The van der Waals surface area contributed by atoms with Gasteiger partial charge in [-0.2, -0.15) is 0 Å². The maximum Gasteiger partial charge on any atom is 1.00 e. The number of nitrogen functional groups attached to an aromatic ring is 1. The van der Waals surface area contributed by atoms with Crippen molar-refractivity contribution in [3.05, 3.63) is 78.2 Å². The van der Waals surface area contributed by atoms with E-state index in [1.165, 1.54) is 24.4 Å². The van der Waals surface area contributed by atoms with Crippen LogP contribution in [0, 0.1) is 12.7 Å². The summed E-state index contributed by atoms with van der Waals surface area (Å²) >= 11 is 0. The Morgan fingerprint density at radius 2 is 1.65 bits per heavy atom. The summed E-state index contributed by atoms with van der Waals surface area (Å²) in [6.45, 7) is 1.79. The van der Waals surface area contributed by atoms with Gasteiger partial charge in [0.1, 0.15) is 27.3 Å². The van der Waals surface area contributed by atoms with E-state index in [1.54, 1.807) is 43.3 Å². The minimum atomic E-state index is -4.74. The summed E-state index contributed by atoms with van der Waals surface area (Å²) in [6.07, 6.45) is 1.48. The van der Waals surface area contributed by atoms with Crippen LogP contribution in [-0.2, 0) is 10.1 Å². The Morgan fingerprint density at radius 3 is 2.24 bits per heavy atom. The zero-order valence-corrected chi connectivity index (χ0v) is 21.1. The van der Waals surface area contributed by atoms with E-state index < -0.39 is 15.0 Å². The van der Waals surface area contributed by atoms with Crippen molar-refractivity contribution in [1.82, 2.24) is 4.98 Å². The molecule has 6 N–H and O–H groups in total. The van der Waals surface area contributed by atoms with Gasteiger partial charge in [0.2, 0.25) is 0 Å². The molecule has 0 saturated carbocycles. The average Bonchev–Trinajstić information content (AvgIpc) is 2.73. The number of anilines is 1. The smallest absolute Gasteiger partial charge is 0.744 e. The van der Waals surface area contributed by atoms with Gasteiger partial charge in [0.25, 0.3) is 0 Å². The molecule has 0 aliphatic carbocycles. The quantitative estimate of drug-likeness (QED) is 0.188. The third-order valence-electron chi connectivity index (χ3n) is 4.78. The van der Waals surface area contributed by atoms with E-state index in [0.29, 0.717) is 16.8 Å². The van der Waals surface area contributed by atoms with Crippen LogP contribution >= 0.6 is 0 Å². The molecular formula is C22H20FN4NaO5S. The first-order valence-electron chi connectivity index (χ1n) is 9.15. The maximum atomic E-state index is 13.3. The fourth-order valence-corrected chi connectivity index (χ4v) is 3.97. The molecule has 172 valence electrons. The van der Waals surface area contributed by atoms with Crippen molar-refractivity contribution in [2.45, 2.75) is 11.8 Å². The van der Waals surface area contributed by atoms with E-state index in [0.717, 1.165) is 17.2 Å². The minimum Gasteiger partial charge on any atom is -0.744 e. The van der Waals surface area contributed by atoms with E-state index in [2.05, 4.69) is 15.2 Å². The Balaban J connectivity index is 0.00000193. The molecule has 1 heterocycles. The molecule has 0 aliphatic heterocycles. The van der Waals surface area contributed by atoms with Crippen molar-refractivity contribution in [2.24, 2.45) is 10.2 Å². The summed E-state index contributed by atoms with van der Waals surface area (Å²) in [5.41, 5.74) is 8.96. The predicted octanol–water partition coefficient (Wildman–Crippen LogP) is 0.606. The van der Waals surface area contributed by atoms with Crippen LogP contribution in [0.4, 0.5) is 21.5 Å². The Bertz CT molecular complexity index is 1450. The number of rotatable bonds is 4. The largest absolute Gasteiger partial charge is 1.00 e. The Hall–Kier alpha value is -2.77. The molecule has 34 heavy (non-hydrogen) atoms. The number of azo groups is 1. The first-order valence-corrected chi connectivity index (χ1v) is 10.6. The summed E-state index contributed by atoms with van der Waals surface area (Å²) in [5.74, 6) is -0.320. The maximum absolute atomic E-state index is 13.3. The fourth-order valence-electron chi connectivity index (χ4n) is 3.27. The molecule has 0 amide bonds. The summed E-state index contributed by atoms with van der Waals surface area (Å²) in [5, 5.41) is 8.73. The molecule has 0 saturated heterocycles. The van der Waals surface area contributed by atoms with E-state index in [9.17, 15) is 17.4 Å². The zero-order chi connectivity index (χ0) is 22.2. The van der Waals surface area contributed by atoms with Crippen molar-refractivity contribution in [3.63, 3.8) is 0 Å². The number of pyridine rings is 1. The van der Waals surface area contributed by atoms with Gasteiger partial charge in [-0.15, -0.1) is 10.2 Å². The molecule has 4 rings (SSSR count). The molecule has 0 fully saturated rings. The first-order chi connectivity index (χ1) is 14.7. The second-order valence-electron chi connectivity index (χ2n) is 6.87. The van der Waals surface area contributed by atoms with Crippen molar-refractivity contribution in [2.75, 3.05) is 5.73 Å². The van der Waals surface area contributed by atoms with E-state index in [1.807, 2.05) is 0 Å². The first kappa shape index (κ1) is 29.3. The molecule has 3 aromatic carbocycles. The molecule has 0 atom stereocenters. The number of halogens is 1. The number of aryl methyl sites for hydroxylation is 1. The van der Waals surface area contributed by atoms with Gasteiger partial charge in [0.05, 0.1) is 22.5 Å². The summed E-state index contributed by atoms with van der Waals surface area (Å²) in [4.78, 5) is 3.92.